The number of rotatable bonds is 4. The number of aromatic nitrogens is 3. The number of hydrogen-bond acceptors (Lipinski definition) is 2. The van der Waals surface area contributed by atoms with Crippen molar-refractivity contribution in [1.29, 1.82) is 0 Å². The van der Waals surface area contributed by atoms with Crippen LogP contribution in [0.25, 0.3) is 94.1 Å². The van der Waals surface area contributed by atoms with Gasteiger partial charge in [-0.15, -0.1) is 0 Å². The summed E-state index contributed by atoms with van der Waals surface area (Å²) in [5.74, 6) is 0.663. The van der Waals surface area contributed by atoms with E-state index in [1.807, 2.05) is 0 Å². The smallest absolute Gasteiger partial charge is 0.235 e. The third kappa shape index (κ3) is 4.48. The molecule has 10 aromatic rings. The van der Waals surface area contributed by atoms with Gasteiger partial charge < -0.3 is 0 Å². The molecule has 0 spiro atoms. The molecule has 0 aliphatic heterocycles. The van der Waals surface area contributed by atoms with Crippen LogP contribution >= 0.6 is 0 Å². The number of benzene rings is 8. The van der Waals surface area contributed by atoms with E-state index in [-0.39, 0.29) is 5.41 Å². The van der Waals surface area contributed by atoms with Gasteiger partial charge >= 0.3 is 0 Å². The Labute approximate surface area is 313 Å². The molecular weight excluding hydrogens is 655 g/mol. The summed E-state index contributed by atoms with van der Waals surface area (Å²) in [4.78, 5) is 11.2. The van der Waals surface area contributed by atoms with Crippen molar-refractivity contribution in [3.8, 4) is 50.6 Å². The summed E-state index contributed by atoms with van der Waals surface area (Å²) in [6.45, 7) is 4.71. The summed E-state index contributed by atoms with van der Waals surface area (Å²) in [7, 11) is 0. The Balaban J connectivity index is 1.29. The van der Waals surface area contributed by atoms with Crippen LogP contribution in [0.3, 0.4) is 0 Å². The Morgan fingerprint density at radius 3 is 1.81 bits per heavy atom. The normalized spacial score (nSPS) is 13.1. The van der Waals surface area contributed by atoms with Gasteiger partial charge in [-0.3, -0.25) is 4.57 Å². The van der Waals surface area contributed by atoms with E-state index >= 15 is 0 Å². The lowest BCUT2D eigenvalue weighted by Gasteiger charge is -2.25. The SMILES string of the molecule is CC1(C)c2ccccc2-c2cccc(-c3nc(-n4c5ccccc5c5cc6ccccc6cc54)nc4cc(-c5ccccc5)c(-c5ccccc5)cc34)c21. The van der Waals surface area contributed by atoms with Crippen molar-refractivity contribution >= 4 is 43.5 Å². The maximum atomic E-state index is 5.69. The molecule has 0 radical (unpaired) electrons. The molecule has 0 atom stereocenters. The van der Waals surface area contributed by atoms with Gasteiger partial charge in [0.05, 0.1) is 22.2 Å². The van der Waals surface area contributed by atoms with E-state index in [1.54, 1.807) is 0 Å². The van der Waals surface area contributed by atoms with Crippen LogP contribution in [0.1, 0.15) is 25.0 Å². The van der Waals surface area contributed by atoms with Crippen LogP contribution in [0.2, 0.25) is 0 Å². The third-order valence-electron chi connectivity index (χ3n) is 11.6. The Bertz CT molecular complexity index is 3120. The van der Waals surface area contributed by atoms with Gasteiger partial charge in [-0.25, -0.2) is 9.97 Å². The molecule has 0 unspecified atom stereocenters. The molecule has 8 aromatic carbocycles. The fraction of sp³-hybridized carbons (Fsp3) is 0.0588. The molecule has 0 saturated heterocycles. The van der Waals surface area contributed by atoms with Crippen LogP contribution in [0.4, 0.5) is 0 Å². The van der Waals surface area contributed by atoms with Crippen LogP contribution in [-0.2, 0) is 5.41 Å². The highest BCUT2D eigenvalue weighted by molar-refractivity contribution is 6.13. The summed E-state index contributed by atoms with van der Waals surface area (Å²) >= 11 is 0. The summed E-state index contributed by atoms with van der Waals surface area (Å²) in [6, 6.07) is 63.5. The van der Waals surface area contributed by atoms with Crippen molar-refractivity contribution in [2.75, 3.05) is 0 Å². The Kier molecular flexibility index (Phi) is 6.60. The Morgan fingerprint density at radius 1 is 0.426 bits per heavy atom. The summed E-state index contributed by atoms with van der Waals surface area (Å²) in [6.07, 6.45) is 0. The number of para-hydroxylation sites is 1. The Morgan fingerprint density at radius 2 is 1.04 bits per heavy atom. The molecule has 3 heteroatoms. The zero-order valence-corrected chi connectivity index (χ0v) is 30.1. The second-order valence-corrected chi connectivity index (χ2v) is 15.0. The van der Waals surface area contributed by atoms with Gasteiger partial charge in [-0.1, -0.05) is 159 Å². The van der Waals surface area contributed by atoms with Crippen molar-refractivity contribution < 1.29 is 0 Å². The lowest BCUT2D eigenvalue weighted by Crippen LogP contribution is -2.16. The molecule has 254 valence electrons. The number of hydrogen-bond donors (Lipinski definition) is 0. The maximum Gasteiger partial charge on any atom is 0.235 e. The molecule has 0 fully saturated rings. The van der Waals surface area contributed by atoms with Gasteiger partial charge in [0.15, 0.2) is 0 Å². The van der Waals surface area contributed by atoms with E-state index in [4.69, 9.17) is 9.97 Å². The summed E-state index contributed by atoms with van der Waals surface area (Å²) in [5, 5.41) is 5.81. The van der Waals surface area contributed by atoms with Crippen LogP contribution in [0.5, 0.6) is 0 Å². The van der Waals surface area contributed by atoms with Crippen LogP contribution in [0.15, 0.2) is 176 Å². The lowest BCUT2D eigenvalue weighted by molar-refractivity contribution is 0.662. The van der Waals surface area contributed by atoms with Gasteiger partial charge in [-0.2, -0.15) is 0 Å². The van der Waals surface area contributed by atoms with E-state index in [0.717, 1.165) is 55.4 Å². The highest BCUT2D eigenvalue weighted by Gasteiger charge is 2.38. The number of fused-ring (bicyclic) bond motifs is 8. The van der Waals surface area contributed by atoms with E-state index in [9.17, 15) is 0 Å². The first-order valence-corrected chi connectivity index (χ1v) is 18.7. The molecule has 11 rings (SSSR count). The molecular formula is C51H35N3. The summed E-state index contributed by atoms with van der Waals surface area (Å²) < 4.78 is 2.27. The fourth-order valence-electron chi connectivity index (χ4n) is 9.10. The molecule has 3 nitrogen and oxygen atoms in total. The zero-order chi connectivity index (χ0) is 36.0. The predicted molar refractivity (Wildman–Crippen MR) is 225 cm³/mol. The topological polar surface area (TPSA) is 30.7 Å². The molecule has 0 N–H and O–H groups in total. The first-order valence-electron chi connectivity index (χ1n) is 18.7. The highest BCUT2D eigenvalue weighted by Crippen LogP contribution is 2.53. The minimum Gasteiger partial charge on any atom is -0.278 e. The van der Waals surface area contributed by atoms with Crippen LogP contribution < -0.4 is 0 Å². The van der Waals surface area contributed by atoms with Crippen LogP contribution in [-0.4, -0.2) is 14.5 Å². The van der Waals surface area contributed by atoms with Crippen molar-refractivity contribution in [3.63, 3.8) is 0 Å². The second kappa shape index (κ2) is 11.6. The fourth-order valence-corrected chi connectivity index (χ4v) is 9.10. The van der Waals surface area contributed by atoms with Gasteiger partial charge in [0.2, 0.25) is 5.95 Å². The second-order valence-electron chi connectivity index (χ2n) is 15.0. The van der Waals surface area contributed by atoms with Crippen molar-refractivity contribution in [2.24, 2.45) is 0 Å². The monoisotopic (exact) mass is 689 g/mol. The molecule has 0 bridgehead atoms. The maximum absolute atomic E-state index is 5.69. The van der Waals surface area contributed by atoms with Crippen molar-refractivity contribution in [2.45, 2.75) is 19.3 Å². The Hall–Kier alpha value is -6.84. The average molecular weight is 690 g/mol. The first-order chi connectivity index (χ1) is 26.5. The largest absolute Gasteiger partial charge is 0.278 e. The molecule has 1 aliphatic carbocycles. The average Bonchev–Trinajstić information content (AvgIpc) is 3.67. The third-order valence-corrected chi connectivity index (χ3v) is 11.6. The minimum absolute atomic E-state index is 0.224. The van der Waals surface area contributed by atoms with Crippen molar-refractivity contribution in [3.05, 3.63) is 187 Å². The molecule has 54 heavy (non-hydrogen) atoms. The lowest BCUT2D eigenvalue weighted by atomic mass is 9.79. The van der Waals surface area contributed by atoms with Crippen LogP contribution in [0, 0.1) is 0 Å². The van der Waals surface area contributed by atoms with Gasteiger partial charge in [-0.05, 0) is 85.6 Å². The van der Waals surface area contributed by atoms with E-state index in [2.05, 4.69) is 194 Å². The molecule has 2 heterocycles. The quantitative estimate of drug-likeness (QED) is 0.184. The number of nitrogens with zero attached hydrogens (tertiary/aromatic N) is 3. The van der Waals surface area contributed by atoms with Crippen molar-refractivity contribution in [1.82, 2.24) is 14.5 Å². The predicted octanol–water partition coefficient (Wildman–Crippen LogP) is 13.2. The van der Waals surface area contributed by atoms with E-state index in [1.165, 1.54) is 43.8 Å². The summed E-state index contributed by atoms with van der Waals surface area (Å²) in [5.41, 5.74) is 14.8. The van der Waals surface area contributed by atoms with Gasteiger partial charge in [0.1, 0.15) is 0 Å². The first kappa shape index (κ1) is 30.8. The van der Waals surface area contributed by atoms with Gasteiger partial charge in [0.25, 0.3) is 0 Å². The van der Waals surface area contributed by atoms with E-state index in [0.29, 0.717) is 5.95 Å². The van der Waals surface area contributed by atoms with Gasteiger partial charge in [0, 0.05) is 27.1 Å². The standard InChI is InChI=1S/C51H35N3/c1-51(2)44-26-13-11-22-36(44)38-24-15-25-39(48(38)51)49-43-30-40(32-16-5-3-6-17-32)41(33-18-7-4-8-19-33)31-45(43)52-50(53-49)54-46-27-14-12-23-37(46)42-28-34-20-9-10-21-35(34)29-47(42)54/h3-31H,1-2H3. The highest BCUT2D eigenvalue weighted by atomic mass is 15.2. The minimum atomic E-state index is -0.224. The molecule has 2 aromatic heterocycles. The zero-order valence-electron chi connectivity index (χ0n) is 30.1. The van der Waals surface area contributed by atoms with E-state index < -0.39 is 0 Å². The molecule has 1 aliphatic rings. The molecule has 0 amide bonds. The molecule has 0 saturated carbocycles.